The number of fused-ring (bicyclic) bond motifs is 1. The van der Waals surface area contributed by atoms with E-state index in [1.807, 2.05) is 24.3 Å². The number of methoxy groups -OCH3 is 3. The lowest BCUT2D eigenvalue weighted by atomic mass is 9.88. The van der Waals surface area contributed by atoms with Crippen molar-refractivity contribution < 1.29 is 33.3 Å². The van der Waals surface area contributed by atoms with Crippen molar-refractivity contribution in [2.24, 2.45) is 0 Å². The quantitative estimate of drug-likeness (QED) is 0.242. The molecule has 1 N–H and O–H groups in total. The van der Waals surface area contributed by atoms with Gasteiger partial charge in [-0.3, -0.25) is 4.79 Å². The van der Waals surface area contributed by atoms with Crippen LogP contribution in [0.15, 0.2) is 75.9 Å². The highest BCUT2D eigenvalue weighted by Gasteiger charge is 2.28. The van der Waals surface area contributed by atoms with E-state index in [0.717, 1.165) is 11.3 Å². The Morgan fingerprint density at radius 1 is 0.946 bits per heavy atom. The van der Waals surface area contributed by atoms with Gasteiger partial charge < -0.3 is 28.5 Å². The molecule has 1 heterocycles. The number of hydrogen-bond donors (Lipinski definition) is 1. The Balaban J connectivity index is 1.64. The summed E-state index contributed by atoms with van der Waals surface area (Å²) in [7, 11) is 4.40. The minimum absolute atomic E-state index is 0.0284. The third kappa shape index (κ3) is 5.69. The normalized spacial score (nSPS) is 11.6. The van der Waals surface area contributed by atoms with Crippen molar-refractivity contribution in [3.05, 3.63) is 93.8 Å². The first-order valence-corrected chi connectivity index (χ1v) is 11.7. The molecule has 0 saturated carbocycles. The summed E-state index contributed by atoms with van der Waals surface area (Å²) in [6.07, 6.45) is 0.486. The van der Waals surface area contributed by atoms with Crippen molar-refractivity contribution in [1.29, 1.82) is 0 Å². The van der Waals surface area contributed by atoms with Crippen LogP contribution >= 0.6 is 0 Å². The van der Waals surface area contributed by atoms with Crippen LogP contribution in [0.1, 0.15) is 29.0 Å². The third-order valence-electron chi connectivity index (χ3n) is 6.16. The summed E-state index contributed by atoms with van der Waals surface area (Å²) in [4.78, 5) is 25.2. The highest BCUT2D eigenvalue weighted by molar-refractivity contribution is 5.84. The van der Waals surface area contributed by atoms with E-state index in [4.69, 9.17) is 23.4 Å². The Morgan fingerprint density at radius 2 is 1.70 bits per heavy atom. The second-order valence-electron chi connectivity index (χ2n) is 8.34. The summed E-state index contributed by atoms with van der Waals surface area (Å²) in [5.41, 5.74) is 1.14. The molecule has 1 atom stereocenters. The maximum absolute atomic E-state index is 12.9. The molecule has 0 aliphatic carbocycles. The standard InChI is InChI=1S/C29H28O8/c1-33-20-11-8-18(9-12-20)14-15-36-24-13-10-19(16-25(24)34-2)22(17-26(30)35-3)27-28(31)21-6-4-5-7-23(21)37-29(27)32/h4-13,16,22,31H,14-15,17H2,1-3H3/t22-/m0/s1. The van der Waals surface area contributed by atoms with E-state index < -0.39 is 17.5 Å². The molecular formula is C29H28O8. The highest BCUT2D eigenvalue weighted by Crippen LogP contribution is 2.39. The van der Waals surface area contributed by atoms with Gasteiger partial charge in [0.15, 0.2) is 11.5 Å². The number of esters is 1. The van der Waals surface area contributed by atoms with Crippen LogP contribution in [-0.2, 0) is 16.0 Å². The predicted octanol–water partition coefficient (Wildman–Crippen LogP) is 4.83. The SMILES string of the molecule is COC(=O)C[C@@H](c1ccc(OCCc2ccc(OC)cc2)c(OC)c1)c1c(O)c2ccccc2oc1=O. The molecule has 8 heteroatoms. The van der Waals surface area contributed by atoms with E-state index >= 15 is 0 Å². The molecule has 0 fully saturated rings. The van der Waals surface area contributed by atoms with Gasteiger partial charge in [-0.25, -0.2) is 4.79 Å². The number of para-hydroxylation sites is 1. The summed E-state index contributed by atoms with van der Waals surface area (Å²) < 4.78 is 27.0. The Morgan fingerprint density at radius 3 is 2.41 bits per heavy atom. The average molecular weight is 505 g/mol. The Hall–Kier alpha value is -4.46. The average Bonchev–Trinajstić information content (AvgIpc) is 2.92. The van der Waals surface area contributed by atoms with E-state index in [0.29, 0.717) is 35.5 Å². The van der Waals surface area contributed by atoms with Crippen molar-refractivity contribution in [2.45, 2.75) is 18.8 Å². The fraction of sp³-hybridized carbons (Fsp3) is 0.241. The minimum atomic E-state index is -0.837. The van der Waals surface area contributed by atoms with Crippen LogP contribution in [0.5, 0.6) is 23.0 Å². The maximum atomic E-state index is 12.9. The molecule has 0 spiro atoms. The molecule has 37 heavy (non-hydrogen) atoms. The molecule has 192 valence electrons. The van der Waals surface area contributed by atoms with Gasteiger partial charge in [0, 0.05) is 12.3 Å². The van der Waals surface area contributed by atoms with E-state index in [-0.39, 0.29) is 23.3 Å². The molecule has 8 nitrogen and oxygen atoms in total. The van der Waals surface area contributed by atoms with Gasteiger partial charge in [-0.1, -0.05) is 30.3 Å². The largest absolute Gasteiger partial charge is 0.507 e. The topological polar surface area (TPSA) is 104 Å². The molecule has 1 aromatic heterocycles. The minimum Gasteiger partial charge on any atom is -0.507 e. The van der Waals surface area contributed by atoms with Gasteiger partial charge in [0.25, 0.3) is 0 Å². The van der Waals surface area contributed by atoms with Crippen molar-refractivity contribution in [3.63, 3.8) is 0 Å². The van der Waals surface area contributed by atoms with Crippen molar-refractivity contribution >= 4 is 16.9 Å². The molecule has 0 aliphatic heterocycles. The fourth-order valence-corrected chi connectivity index (χ4v) is 4.18. The summed E-state index contributed by atoms with van der Waals surface area (Å²) in [6, 6.07) is 19.5. The molecule has 0 bridgehead atoms. The fourth-order valence-electron chi connectivity index (χ4n) is 4.18. The smallest absolute Gasteiger partial charge is 0.343 e. The number of aromatic hydroxyl groups is 1. The lowest BCUT2D eigenvalue weighted by Crippen LogP contribution is -2.18. The molecule has 4 rings (SSSR count). The van der Waals surface area contributed by atoms with Crippen LogP contribution in [0.2, 0.25) is 0 Å². The van der Waals surface area contributed by atoms with Crippen molar-refractivity contribution in [2.75, 3.05) is 27.9 Å². The number of hydrogen-bond acceptors (Lipinski definition) is 8. The first-order chi connectivity index (χ1) is 17.9. The summed E-state index contributed by atoms with van der Waals surface area (Å²) >= 11 is 0. The first-order valence-electron chi connectivity index (χ1n) is 11.7. The molecule has 0 amide bonds. The number of benzene rings is 3. The number of rotatable bonds is 10. The Labute approximate surface area is 214 Å². The zero-order valence-electron chi connectivity index (χ0n) is 20.9. The second kappa shape index (κ2) is 11.5. The number of ether oxygens (including phenoxy) is 4. The Kier molecular flexibility index (Phi) is 7.98. The molecule has 0 aliphatic rings. The van der Waals surface area contributed by atoms with Gasteiger partial charge in [0.05, 0.1) is 45.3 Å². The molecule has 0 unspecified atom stereocenters. The third-order valence-corrected chi connectivity index (χ3v) is 6.16. The van der Waals surface area contributed by atoms with Gasteiger partial charge in [-0.15, -0.1) is 0 Å². The number of carbonyl (C=O) groups excluding carboxylic acids is 1. The van der Waals surface area contributed by atoms with Crippen LogP contribution in [0.3, 0.4) is 0 Å². The molecule has 0 saturated heterocycles. The lowest BCUT2D eigenvalue weighted by Gasteiger charge is -2.19. The van der Waals surface area contributed by atoms with Gasteiger partial charge in [0.2, 0.25) is 0 Å². The second-order valence-corrected chi connectivity index (χ2v) is 8.34. The summed E-state index contributed by atoms with van der Waals surface area (Å²) in [6.45, 7) is 0.405. The zero-order valence-corrected chi connectivity index (χ0v) is 20.9. The van der Waals surface area contributed by atoms with E-state index in [9.17, 15) is 14.7 Å². The number of carbonyl (C=O) groups is 1. The summed E-state index contributed by atoms with van der Waals surface area (Å²) in [5, 5.41) is 11.4. The summed E-state index contributed by atoms with van der Waals surface area (Å²) in [5.74, 6) is 0.0962. The zero-order chi connectivity index (χ0) is 26.4. The van der Waals surface area contributed by atoms with E-state index in [2.05, 4.69) is 0 Å². The van der Waals surface area contributed by atoms with Crippen molar-refractivity contribution in [1.82, 2.24) is 0 Å². The molecule has 4 aromatic rings. The molecule has 0 radical (unpaired) electrons. The van der Waals surface area contributed by atoms with E-state index in [1.165, 1.54) is 14.2 Å². The van der Waals surface area contributed by atoms with Gasteiger partial charge in [0.1, 0.15) is 17.1 Å². The monoisotopic (exact) mass is 504 g/mol. The Bertz CT molecular complexity index is 1440. The maximum Gasteiger partial charge on any atom is 0.343 e. The van der Waals surface area contributed by atoms with Gasteiger partial charge in [-0.05, 0) is 47.5 Å². The van der Waals surface area contributed by atoms with E-state index in [1.54, 1.807) is 49.6 Å². The van der Waals surface area contributed by atoms with Crippen molar-refractivity contribution in [3.8, 4) is 23.0 Å². The van der Waals surface area contributed by atoms with Gasteiger partial charge in [-0.2, -0.15) is 0 Å². The molecule has 3 aromatic carbocycles. The first kappa shape index (κ1) is 25.6. The van der Waals surface area contributed by atoms with Crippen LogP contribution < -0.4 is 19.8 Å². The van der Waals surface area contributed by atoms with Crippen LogP contribution in [0.25, 0.3) is 11.0 Å². The predicted molar refractivity (Wildman–Crippen MR) is 138 cm³/mol. The molecular weight excluding hydrogens is 476 g/mol. The highest BCUT2D eigenvalue weighted by atomic mass is 16.5. The van der Waals surface area contributed by atoms with Gasteiger partial charge >= 0.3 is 11.6 Å². The lowest BCUT2D eigenvalue weighted by molar-refractivity contribution is -0.140. The van der Waals surface area contributed by atoms with Crippen LogP contribution in [0, 0.1) is 0 Å². The van der Waals surface area contributed by atoms with Crippen LogP contribution in [-0.4, -0.2) is 39.0 Å². The van der Waals surface area contributed by atoms with Crippen LogP contribution in [0.4, 0.5) is 0 Å².